The first-order chi connectivity index (χ1) is 18.9. The van der Waals surface area contributed by atoms with Crippen molar-refractivity contribution in [3.8, 4) is 0 Å². The molecule has 4 aliphatic rings. The van der Waals surface area contributed by atoms with Gasteiger partial charge < -0.3 is 24.8 Å². The summed E-state index contributed by atoms with van der Waals surface area (Å²) < 4.78 is 18.4. The van der Waals surface area contributed by atoms with Crippen LogP contribution in [0.4, 0.5) is 11.8 Å². The largest absolute Gasteiger partial charge is 0.378 e. The van der Waals surface area contributed by atoms with Crippen molar-refractivity contribution in [2.75, 3.05) is 69.0 Å². The molecule has 3 saturated heterocycles. The van der Waals surface area contributed by atoms with Gasteiger partial charge in [-0.05, 0) is 24.8 Å². The summed E-state index contributed by atoms with van der Waals surface area (Å²) in [5.41, 5.74) is 1.31. The van der Waals surface area contributed by atoms with E-state index >= 15 is 0 Å². The number of aromatic nitrogens is 2. The van der Waals surface area contributed by atoms with Gasteiger partial charge in [0.05, 0.1) is 35.1 Å². The summed E-state index contributed by atoms with van der Waals surface area (Å²) in [4.78, 5) is 42.3. The fraction of sp³-hybridized carbons (Fsp3) is 0.571. The monoisotopic (exact) mass is 552 g/mol. The van der Waals surface area contributed by atoms with E-state index in [0.717, 1.165) is 17.7 Å². The van der Waals surface area contributed by atoms with Gasteiger partial charge in [-0.2, -0.15) is 4.98 Å². The Bertz CT molecular complexity index is 1260. The van der Waals surface area contributed by atoms with Crippen LogP contribution in [0.3, 0.4) is 0 Å². The molecule has 10 nitrogen and oxygen atoms in total. The molecule has 1 aromatic heterocycles. The lowest BCUT2D eigenvalue weighted by Crippen LogP contribution is -2.55. The highest BCUT2D eigenvalue weighted by molar-refractivity contribution is 7.85. The number of piperidine rings is 2. The summed E-state index contributed by atoms with van der Waals surface area (Å²) in [6, 6.07) is 10.2. The molecule has 2 amide bonds. The third-order valence-corrected chi connectivity index (χ3v) is 10.0. The number of aryl methyl sites for hydroxylation is 1. The molecule has 1 N–H and O–H groups in total. The van der Waals surface area contributed by atoms with Gasteiger partial charge in [0.2, 0.25) is 17.8 Å². The molecule has 39 heavy (non-hydrogen) atoms. The smallest absolute Gasteiger partial charge is 0.233 e. The van der Waals surface area contributed by atoms with Crippen LogP contribution in [0.5, 0.6) is 0 Å². The molecule has 2 aromatic rings. The van der Waals surface area contributed by atoms with Gasteiger partial charge in [0.25, 0.3) is 0 Å². The van der Waals surface area contributed by atoms with Crippen LogP contribution in [-0.2, 0) is 37.0 Å². The van der Waals surface area contributed by atoms with Gasteiger partial charge in [0, 0.05) is 64.4 Å². The highest BCUT2D eigenvalue weighted by Gasteiger charge is 2.46. The summed E-state index contributed by atoms with van der Waals surface area (Å²) in [7, 11) is 0.678. The molecule has 4 aliphatic heterocycles. The molecular formula is C28H36N6O4S. The van der Waals surface area contributed by atoms with Crippen molar-refractivity contribution in [2.45, 2.75) is 48.5 Å². The third-order valence-electron chi connectivity index (χ3n) is 8.58. The Balaban J connectivity index is 1.26. The van der Waals surface area contributed by atoms with E-state index in [4.69, 9.17) is 14.7 Å². The number of amides is 2. The second-order valence-corrected chi connectivity index (χ2v) is 12.4. The van der Waals surface area contributed by atoms with E-state index in [1.807, 2.05) is 30.1 Å². The molecule has 0 saturated carbocycles. The number of carbonyl (C=O) groups is 2. The fourth-order valence-electron chi connectivity index (χ4n) is 6.29. The number of hydrogen-bond donors (Lipinski definition) is 1. The van der Waals surface area contributed by atoms with Crippen molar-refractivity contribution in [3.63, 3.8) is 0 Å². The van der Waals surface area contributed by atoms with Gasteiger partial charge in [-0.25, -0.2) is 4.98 Å². The SMILES string of the molecule is CN1C[C@@H](Nc2nc(N3CCC(C(=O)N4CCOCC4)(c4ccccc4)CC3)nc3c2S(=O)CC3)CCC1=O. The molecule has 0 bridgehead atoms. The number of fused-ring (bicyclic) bond motifs is 1. The van der Waals surface area contributed by atoms with E-state index in [2.05, 4.69) is 22.3 Å². The molecular weight excluding hydrogens is 516 g/mol. The second kappa shape index (κ2) is 10.8. The number of hydrogen-bond acceptors (Lipinski definition) is 8. The molecule has 0 aliphatic carbocycles. The summed E-state index contributed by atoms with van der Waals surface area (Å²) in [5.74, 6) is 2.13. The number of benzene rings is 1. The average molecular weight is 553 g/mol. The van der Waals surface area contributed by atoms with Crippen LogP contribution in [0, 0.1) is 0 Å². The zero-order valence-corrected chi connectivity index (χ0v) is 23.3. The van der Waals surface area contributed by atoms with E-state index in [0.29, 0.717) is 94.0 Å². The van der Waals surface area contributed by atoms with Crippen LogP contribution in [-0.4, -0.2) is 101 Å². The molecule has 5 heterocycles. The Labute approximate surface area is 231 Å². The minimum Gasteiger partial charge on any atom is -0.378 e. The van der Waals surface area contributed by atoms with Crippen LogP contribution in [0.15, 0.2) is 35.2 Å². The van der Waals surface area contributed by atoms with E-state index in [1.165, 1.54) is 0 Å². The summed E-state index contributed by atoms with van der Waals surface area (Å²) >= 11 is 0. The number of ether oxygens (including phenoxy) is 1. The number of nitrogens with one attached hydrogen (secondary N) is 1. The minimum absolute atomic E-state index is 0.0513. The van der Waals surface area contributed by atoms with Crippen LogP contribution < -0.4 is 10.2 Å². The predicted molar refractivity (Wildman–Crippen MR) is 148 cm³/mol. The van der Waals surface area contributed by atoms with E-state index in [9.17, 15) is 13.8 Å². The summed E-state index contributed by atoms with van der Waals surface area (Å²) in [6.07, 6.45) is 3.20. The van der Waals surface area contributed by atoms with Crippen molar-refractivity contribution in [3.05, 3.63) is 41.6 Å². The van der Waals surface area contributed by atoms with E-state index in [-0.39, 0.29) is 17.9 Å². The Kier molecular flexibility index (Phi) is 7.28. The van der Waals surface area contributed by atoms with E-state index in [1.54, 1.807) is 4.90 Å². The van der Waals surface area contributed by atoms with E-state index < -0.39 is 16.2 Å². The first-order valence-electron chi connectivity index (χ1n) is 13.9. The number of anilines is 2. The zero-order chi connectivity index (χ0) is 27.0. The first kappa shape index (κ1) is 26.2. The van der Waals surface area contributed by atoms with Crippen molar-refractivity contribution in [1.29, 1.82) is 0 Å². The first-order valence-corrected chi connectivity index (χ1v) is 15.2. The van der Waals surface area contributed by atoms with Gasteiger partial charge in [-0.15, -0.1) is 0 Å². The van der Waals surface area contributed by atoms with Gasteiger partial charge in [0.15, 0.2) is 0 Å². The Hall–Kier alpha value is -3.05. The Morgan fingerprint density at radius 2 is 1.82 bits per heavy atom. The number of morpholine rings is 1. The van der Waals surface area contributed by atoms with Crippen LogP contribution in [0.1, 0.15) is 36.9 Å². The number of likely N-dealkylation sites (N-methyl/N-ethyl adjacent to an activating group) is 1. The van der Waals surface area contributed by atoms with Crippen LogP contribution in [0.25, 0.3) is 0 Å². The second-order valence-electron chi connectivity index (χ2n) is 10.9. The van der Waals surface area contributed by atoms with Crippen molar-refractivity contribution < 1.29 is 18.5 Å². The maximum atomic E-state index is 14.0. The van der Waals surface area contributed by atoms with Crippen molar-refractivity contribution in [1.82, 2.24) is 19.8 Å². The van der Waals surface area contributed by atoms with Crippen molar-refractivity contribution >= 4 is 34.4 Å². The van der Waals surface area contributed by atoms with Crippen LogP contribution >= 0.6 is 0 Å². The number of rotatable bonds is 5. The van der Waals surface area contributed by atoms with Crippen molar-refractivity contribution in [2.24, 2.45) is 0 Å². The number of nitrogens with zero attached hydrogens (tertiary/aromatic N) is 5. The Morgan fingerprint density at radius 3 is 2.54 bits per heavy atom. The minimum atomic E-state index is -1.14. The maximum absolute atomic E-state index is 14.0. The van der Waals surface area contributed by atoms with Gasteiger partial charge in [0.1, 0.15) is 10.7 Å². The number of likely N-dealkylation sites (tertiary alicyclic amines) is 1. The fourth-order valence-corrected chi connectivity index (χ4v) is 7.60. The Morgan fingerprint density at radius 1 is 1.08 bits per heavy atom. The summed E-state index contributed by atoms with van der Waals surface area (Å²) in [5, 5.41) is 3.51. The highest BCUT2D eigenvalue weighted by Crippen LogP contribution is 2.39. The molecule has 2 atom stereocenters. The molecule has 1 aromatic carbocycles. The molecule has 208 valence electrons. The molecule has 0 spiro atoms. The lowest BCUT2D eigenvalue weighted by Gasteiger charge is -2.44. The lowest BCUT2D eigenvalue weighted by molar-refractivity contribution is -0.142. The summed E-state index contributed by atoms with van der Waals surface area (Å²) in [6.45, 7) is 4.28. The van der Waals surface area contributed by atoms with Gasteiger partial charge >= 0.3 is 0 Å². The molecule has 3 fully saturated rings. The molecule has 11 heteroatoms. The zero-order valence-electron chi connectivity index (χ0n) is 22.4. The molecule has 0 radical (unpaired) electrons. The average Bonchev–Trinajstić information content (AvgIpc) is 3.36. The lowest BCUT2D eigenvalue weighted by atomic mass is 9.71. The van der Waals surface area contributed by atoms with Gasteiger partial charge in [-0.1, -0.05) is 30.3 Å². The predicted octanol–water partition coefficient (Wildman–Crippen LogP) is 1.57. The maximum Gasteiger partial charge on any atom is 0.233 e. The quantitative estimate of drug-likeness (QED) is 0.596. The topological polar surface area (TPSA) is 108 Å². The highest BCUT2D eigenvalue weighted by atomic mass is 32.2. The van der Waals surface area contributed by atoms with Gasteiger partial charge in [-0.3, -0.25) is 13.8 Å². The van der Waals surface area contributed by atoms with Crippen LogP contribution in [0.2, 0.25) is 0 Å². The standard InChI is InChI=1S/C28H36N6O4S/c1-32-19-21(7-8-23(32)35)29-25-24-22(9-18-39(24)37)30-27(31-25)34-12-10-28(11-13-34,20-5-3-2-4-6-20)26(36)33-14-16-38-17-15-33/h2-6,21H,7-19H2,1H3,(H,29,30,31)/t21-,39?/m0/s1. The normalized spacial score (nSPS) is 24.9. The molecule has 6 rings (SSSR count). The third kappa shape index (κ3) is 5.02. The number of carbonyl (C=O) groups excluding carboxylic acids is 2. The molecule has 1 unspecified atom stereocenters.